The first-order valence-corrected chi connectivity index (χ1v) is 7.95. The molecule has 0 heterocycles. The lowest BCUT2D eigenvalue weighted by molar-refractivity contribution is 0.0952. The molecule has 0 bridgehead atoms. The van der Waals surface area contributed by atoms with Gasteiger partial charge in [-0.2, -0.15) is 0 Å². The highest BCUT2D eigenvalue weighted by atomic mass is 127. The van der Waals surface area contributed by atoms with Crippen LogP contribution in [0.3, 0.4) is 0 Å². The van der Waals surface area contributed by atoms with Crippen LogP contribution in [0.25, 0.3) is 0 Å². The van der Waals surface area contributed by atoms with Crippen molar-refractivity contribution < 1.29 is 9.53 Å². The lowest BCUT2D eigenvalue weighted by Gasteiger charge is -2.17. The van der Waals surface area contributed by atoms with Crippen LogP contribution in [0, 0.1) is 0 Å². The Bertz CT molecular complexity index is 422. The predicted octanol–water partition coefficient (Wildman–Crippen LogP) is 4.25. The van der Waals surface area contributed by atoms with Gasteiger partial charge in [-0.25, -0.2) is 4.79 Å². The molecule has 0 radical (unpaired) electrons. The molecule has 3 nitrogen and oxygen atoms in total. The van der Waals surface area contributed by atoms with E-state index in [4.69, 9.17) is 4.74 Å². The summed E-state index contributed by atoms with van der Waals surface area (Å²) in [4.78, 5) is 11.7. The summed E-state index contributed by atoms with van der Waals surface area (Å²) in [5.41, 5.74) is 1.25. The van der Waals surface area contributed by atoms with Gasteiger partial charge in [0, 0.05) is 16.0 Å². The normalized spacial score (nSPS) is 20.1. The molecule has 104 valence electrons. The molecule has 2 aliphatic carbocycles. The quantitative estimate of drug-likeness (QED) is 0.732. The monoisotopic (exact) mass is 373 g/mol. The largest absolute Gasteiger partial charge is 0.446 e. The lowest BCUT2D eigenvalue weighted by Crippen LogP contribution is -2.30. The Morgan fingerprint density at radius 1 is 1.47 bits per heavy atom. The third kappa shape index (κ3) is 5.01. The summed E-state index contributed by atoms with van der Waals surface area (Å²) in [6.07, 6.45) is 13.0. The first-order valence-electron chi connectivity index (χ1n) is 6.88. The average Bonchev–Trinajstić information content (AvgIpc) is 3.19. The zero-order valence-electron chi connectivity index (χ0n) is 11.2. The second-order valence-corrected chi connectivity index (χ2v) is 6.13. The SMILES string of the molecule is CC[C@@H](CC1=C(I)C=CCC=C1)OC(=O)NC1CC1. The highest BCUT2D eigenvalue weighted by Crippen LogP contribution is 2.25. The number of hydrogen-bond donors (Lipinski definition) is 1. The molecule has 1 saturated carbocycles. The molecule has 1 N–H and O–H groups in total. The molecular weight excluding hydrogens is 353 g/mol. The van der Waals surface area contributed by atoms with Gasteiger partial charge < -0.3 is 10.1 Å². The summed E-state index contributed by atoms with van der Waals surface area (Å²) in [6.45, 7) is 2.05. The summed E-state index contributed by atoms with van der Waals surface area (Å²) >= 11 is 2.34. The van der Waals surface area contributed by atoms with E-state index in [0.717, 1.165) is 32.1 Å². The Balaban J connectivity index is 1.90. The Labute approximate surface area is 128 Å². The number of ether oxygens (including phenoxy) is 1. The maximum Gasteiger partial charge on any atom is 0.407 e. The number of rotatable bonds is 5. The Morgan fingerprint density at radius 3 is 2.89 bits per heavy atom. The number of carbonyl (C=O) groups is 1. The molecule has 4 heteroatoms. The Morgan fingerprint density at radius 2 is 2.21 bits per heavy atom. The molecular formula is C15H20INO2. The Hall–Kier alpha value is -0.780. The highest BCUT2D eigenvalue weighted by molar-refractivity contribution is 14.1. The topological polar surface area (TPSA) is 38.3 Å². The van der Waals surface area contributed by atoms with Gasteiger partial charge in [0.1, 0.15) is 6.10 Å². The van der Waals surface area contributed by atoms with Crippen molar-refractivity contribution in [3.05, 3.63) is 33.5 Å². The number of carbonyl (C=O) groups excluding carboxylic acids is 1. The molecule has 0 spiro atoms. The summed E-state index contributed by atoms with van der Waals surface area (Å²) in [5.74, 6) is 0. The average molecular weight is 373 g/mol. The van der Waals surface area contributed by atoms with E-state index >= 15 is 0 Å². The van der Waals surface area contributed by atoms with E-state index in [1.54, 1.807) is 0 Å². The number of nitrogens with one attached hydrogen (secondary N) is 1. The van der Waals surface area contributed by atoms with E-state index in [0.29, 0.717) is 6.04 Å². The minimum absolute atomic E-state index is 0.0466. The van der Waals surface area contributed by atoms with E-state index in [2.05, 4.69) is 59.1 Å². The van der Waals surface area contributed by atoms with Crippen molar-refractivity contribution in [3.63, 3.8) is 0 Å². The summed E-state index contributed by atoms with van der Waals surface area (Å²) < 4.78 is 6.73. The molecule has 0 aromatic heterocycles. The van der Waals surface area contributed by atoms with Crippen LogP contribution in [-0.4, -0.2) is 18.2 Å². The van der Waals surface area contributed by atoms with Crippen molar-refractivity contribution in [2.24, 2.45) is 0 Å². The van der Waals surface area contributed by atoms with Crippen LogP contribution < -0.4 is 5.32 Å². The van der Waals surface area contributed by atoms with E-state index in [9.17, 15) is 4.79 Å². The van der Waals surface area contributed by atoms with Crippen LogP contribution in [0.1, 0.15) is 39.0 Å². The van der Waals surface area contributed by atoms with Crippen molar-refractivity contribution in [2.45, 2.75) is 51.2 Å². The van der Waals surface area contributed by atoms with E-state index in [-0.39, 0.29) is 12.2 Å². The second-order valence-electron chi connectivity index (χ2n) is 4.97. The van der Waals surface area contributed by atoms with Crippen LogP contribution in [0.15, 0.2) is 33.5 Å². The molecule has 1 atom stereocenters. The molecule has 1 fully saturated rings. The molecule has 1 amide bonds. The summed E-state index contributed by atoms with van der Waals surface area (Å²) in [7, 11) is 0. The summed E-state index contributed by atoms with van der Waals surface area (Å²) in [5, 5.41) is 2.87. The van der Waals surface area contributed by atoms with E-state index < -0.39 is 0 Å². The van der Waals surface area contributed by atoms with Crippen molar-refractivity contribution in [1.82, 2.24) is 5.32 Å². The number of alkyl carbamates (subject to hydrolysis) is 1. The van der Waals surface area contributed by atoms with Crippen molar-refractivity contribution in [2.75, 3.05) is 0 Å². The number of allylic oxidation sites excluding steroid dienone is 5. The van der Waals surface area contributed by atoms with Crippen LogP contribution in [0.2, 0.25) is 0 Å². The molecule has 2 aliphatic rings. The maximum absolute atomic E-state index is 11.7. The summed E-state index contributed by atoms with van der Waals surface area (Å²) in [6, 6.07) is 0.352. The molecule has 0 aromatic rings. The second kappa shape index (κ2) is 7.12. The zero-order valence-corrected chi connectivity index (χ0v) is 13.4. The van der Waals surface area contributed by atoms with Crippen molar-refractivity contribution in [3.8, 4) is 0 Å². The minimum Gasteiger partial charge on any atom is -0.446 e. The lowest BCUT2D eigenvalue weighted by atomic mass is 10.1. The van der Waals surface area contributed by atoms with Crippen LogP contribution >= 0.6 is 22.6 Å². The van der Waals surface area contributed by atoms with Gasteiger partial charge in [0.15, 0.2) is 0 Å². The minimum atomic E-state index is -0.266. The van der Waals surface area contributed by atoms with Gasteiger partial charge >= 0.3 is 6.09 Å². The molecule has 0 aromatic carbocycles. The number of amides is 1. The van der Waals surface area contributed by atoms with E-state index in [1.807, 2.05) is 0 Å². The highest BCUT2D eigenvalue weighted by Gasteiger charge is 2.25. The zero-order chi connectivity index (χ0) is 13.7. The third-order valence-electron chi connectivity index (χ3n) is 3.24. The van der Waals surface area contributed by atoms with Crippen LogP contribution in [-0.2, 0) is 4.74 Å². The third-order valence-corrected chi connectivity index (χ3v) is 4.29. The van der Waals surface area contributed by atoms with Gasteiger partial charge in [0.25, 0.3) is 0 Å². The van der Waals surface area contributed by atoms with Gasteiger partial charge in [-0.05, 0) is 53.8 Å². The molecule has 2 rings (SSSR count). The van der Waals surface area contributed by atoms with Gasteiger partial charge in [0.05, 0.1) is 0 Å². The number of hydrogen-bond acceptors (Lipinski definition) is 2. The fourth-order valence-electron chi connectivity index (χ4n) is 1.91. The molecule has 0 unspecified atom stereocenters. The fourth-order valence-corrected chi connectivity index (χ4v) is 2.56. The van der Waals surface area contributed by atoms with Crippen molar-refractivity contribution >= 4 is 28.7 Å². The first-order chi connectivity index (χ1) is 9.19. The van der Waals surface area contributed by atoms with Gasteiger partial charge in [0.2, 0.25) is 0 Å². The van der Waals surface area contributed by atoms with Gasteiger partial charge in [-0.3, -0.25) is 0 Å². The van der Waals surface area contributed by atoms with Gasteiger partial charge in [-0.15, -0.1) is 0 Å². The first kappa shape index (κ1) is 14.6. The van der Waals surface area contributed by atoms with Crippen LogP contribution in [0.5, 0.6) is 0 Å². The predicted molar refractivity (Wildman–Crippen MR) is 85.3 cm³/mol. The molecule has 19 heavy (non-hydrogen) atoms. The van der Waals surface area contributed by atoms with Crippen molar-refractivity contribution in [1.29, 1.82) is 0 Å². The van der Waals surface area contributed by atoms with Crippen LogP contribution in [0.4, 0.5) is 4.79 Å². The molecule has 0 saturated heterocycles. The fraction of sp³-hybridized carbons (Fsp3) is 0.533. The smallest absolute Gasteiger partial charge is 0.407 e. The number of halogens is 1. The van der Waals surface area contributed by atoms with E-state index in [1.165, 1.54) is 9.15 Å². The maximum atomic E-state index is 11.7. The standard InChI is InChI=1S/C15H20INO2/c1-2-13(19-15(18)17-12-8-9-12)10-11-6-4-3-5-7-14(11)16/h4-7,12-13H,2-3,8-10H2,1H3,(H,17,18)/t13-/m0/s1. The molecule has 0 aliphatic heterocycles. The Kier molecular flexibility index (Phi) is 5.48. The van der Waals surface area contributed by atoms with Gasteiger partial charge in [-0.1, -0.05) is 31.2 Å².